The summed E-state index contributed by atoms with van der Waals surface area (Å²) < 4.78 is 24.2. The fraction of sp³-hybridized carbons (Fsp3) is 0.533. The molecule has 0 amide bonds. The van der Waals surface area contributed by atoms with Gasteiger partial charge in [-0.15, -0.1) is 0 Å². The number of halogens is 1. The van der Waals surface area contributed by atoms with E-state index in [1.54, 1.807) is 25.2 Å². The van der Waals surface area contributed by atoms with Crippen molar-refractivity contribution in [1.82, 2.24) is 10.6 Å². The third kappa shape index (κ3) is 6.94. The number of aliphatic imine (C=N–C) groups is 1. The van der Waals surface area contributed by atoms with Gasteiger partial charge in [-0.1, -0.05) is 12.1 Å². The van der Waals surface area contributed by atoms with Crippen molar-refractivity contribution in [3.05, 3.63) is 30.1 Å². The molecule has 0 saturated carbocycles. The van der Waals surface area contributed by atoms with Crippen molar-refractivity contribution < 1.29 is 13.9 Å². The molecule has 0 heterocycles. The van der Waals surface area contributed by atoms with Gasteiger partial charge in [-0.05, 0) is 26.0 Å². The van der Waals surface area contributed by atoms with Gasteiger partial charge in [0.25, 0.3) is 0 Å². The van der Waals surface area contributed by atoms with Gasteiger partial charge >= 0.3 is 0 Å². The van der Waals surface area contributed by atoms with Gasteiger partial charge in [0.15, 0.2) is 17.5 Å². The van der Waals surface area contributed by atoms with Crippen molar-refractivity contribution in [2.24, 2.45) is 4.99 Å². The molecule has 0 bridgehead atoms. The molecule has 0 spiro atoms. The molecule has 0 radical (unpaired) electrons. The van der Waals surface area contributed by atoms with Gasteiger partial charge in [0.1, 0.15) is 6.10 Å². The fourth-order valence-electron chi connectivity index (χ4n) is 1.65. The first-order chi connectivity index (χ1) is 10.2. The number of hydrogen-bond donors (Lipinski definition) is 2. The minimum Gasteiger partial charge on any atom is -0.486 e. The SMILES string of the molecule is CCOCCNC(=NC)NCC(C)Oc1ccccc1F. The first-order valence-electron chi connectivity index (χ1n) is 7.10. The van der Waals surface area contributed by atoms with Gasteiger partial charge in [0.2, 0.25) is 0 Å². The zero-order valence-corrected chi connectivity index (χ0v) is 12.9. The molecule has 0 aliphatic heterocycles. The van der Waals surface area contributed by atoms with Crippen LogP contribution in [-0.4, -0.2) is 45.4 Å². The first kappa shape index (κ1) is 17.2. The molecule has 6 heteroatoms. The van der Waals surface area contributed by atoms with Crippen LogP contribution < -0.4 is 15.4 Å². The highest BCUT2D eigenvalue weighted by molar-refractivity contribution is 5.79. The van der Waals surface area contributed by atoms with E-state index in [-0.39, 0.29) is 17.7 Å². The maximum atomic E-state index is 13.5. The van der Waals surface area contributed by atoms with Gasteiger partial charge < -0.3 is 20.1 Å². The Labute approximate surface area is 125 Å². The molecule has 2 N–H and O–H groups in total. The fourth-order valence-corrected chi connectivity index (χ4v) is 1.65. The van der Waals surface area contributed by atoms with E-state index in [1.807, 2.05) is 13.8 Å². The van der Waals surface area contributed by atoms with Gasteiger partial charge in [-0.25, -0.2) is 4.39 Å². The lowest BCUT2D eigenvalue weighted by molar-refractivity contribution is 0.152. The highest BCUT2D eigenvalue weighted by Crippen LogP contribution is 2.16. The standard InChI is InChI=1S/C15H24FN3O2/c1-4-20-10-9-18-15(17-3)19-11-12(2)21-14-8-6-5-7-13(14)16/h5-8,12H,4,9-11H2,1-3H3,(H2,17,18,19). The zero-order valence-electron chi connectivity index (χ0n) is 12.9. The molecule has 1 rings (SSSR count). The Morgan fingerprint density at radius 3 is 2.76 bits per heavy atom. The molecule has 0 saturated heterocycles. The molecule has 118 valence electrons. The Bertz CT molecular complexity index is 441. The van der Waals surface area contributed by atoms with Crippen LogP contribution in [0.15, 0.2) is 29.3 Å². The quantitative estimate of drug-likeness (QED) is 0.436. The number of ether oxygens (including phenoxy) is 2. The Balaban J connectivity index is 2.31. The average Bonchev–Trinajstić information content (AvgIpc) is 2.49. The third-order valence-corrected chi connectivity index (χ3v) is 2.69. The van der Waals surface area contributed by atoms with Crippen LogP contribution in [0, 0.1) is 5.82 Å². The second-order valence-corrected chi connectivity index (χ2v) is 4.44. The molecule has 21 heavy (non-hydrogen) atoms. The van der Waals surface area contributed by atoms with Crippen LogP contribution in [0.4, 0.5) is 4.39 Å². The van der Waals surface area contributed by atoms with Gasteiger partial charge in [-0.3, -0.25) is 4.99 Å². The minimum atomic E-state index is -0.358. The molecule has 0 aromatic heterocycles. The summed E-state index contributed by atoms with van der Waals surface area (Å²) in [6, 6.07) is 6.37. The summed E-state index contributed by atoms with van der Waals surface area (Å²) in [7, 11) is 1.69. The zero-order chi connectivity index (χ0) is 15.5. The van der Waals surface area contributed by atoms with Gasteiger partial charge in [0, 0.05) is 20.2 Å². The molecule has 0 aliphatic rings. The normalized spacial score (nSPS) is 12.9. The molecular weight excluding hydrogens is 273 g/mol. The van der Waals surface area contributed by atoms with E-state index in [4.69, 9.17) is 9.47 Å². The Kier molecular flexibility index (Phi) is 8.19. The van der Waals surface area contributed by atoms with Crippen LogP contribution >= 0.6 is 0 Å². The van der Waals surface area contributed by atoms with E-state index < -0.39 is 0 Å². The predicted molar refractivity (Wildman–Crippen MR) is 82.3 cm³/mol. The van der Waals surface area contributed by atoms with Crippen molar-refractivity contribution in [3.63, 3.8) is 0 Å². The molecule has 5 nitrogen and oxygen atoms in total. The monoisotopic (exact) mass is 297 g/mol. The highest BCUT2D eigenvalue weighted by atomic mass is 19.1. The average molecular weight is 297 g/mol. The number of nitrogens with zero attached hydrogens (tertiary/aromatic N) is 1. The summed E-state index contributed by atoms with van der Waals surface area (Å²) in [5.74, 6) is 0.563. The second-order valence-electron chi connectivity index (χ2n) is 4.44. The molecule has 0 aliphatic carbocycles. The smallest absolute Gasteiger partial charge is 0.191 e. The number of rotatable bonds is 8. The van der Waals surface area contributed by atoms with Crippen LogP contribution in [0.2, 0.25) is 0 Å². The van der Waals surface area contributed by atoms with E-state index in [0.29, 0.717) is 32.3 Å². The highest BCUT2D eigenvalue weighted by Gasteiger charge is 2.08. The lowest BCUT2D eigenvalue weighted by Crippen LogP contribution is -2.42. The topological polar surface area (TPSA) is 54.9 Å². The van der Waals surface area contributed by atoms with Gasteiger partial charge in [-0.2, -0.15) is 0 Å². The maximum absolute atomic E-state index is 13.5. The Morgan fingerprint density at radius 1 is 1.33 bits per heavy atom. The van der Waals surface area contributed by atoms with Crippen molar-refractivity contribution >= 4 is 5.96 Å². The van der Waals surface area contributed by atoms with E-state index in [2.05, 4.69) is 15.6 Å². The number of nitrogens with one attached hydrogen (secondary N) is 2. The van der Waals surface area contributed by atoms with E-state index in [0.717, 1.165) is 0 Å². The van der Waals surface area contributed by atoms with E-state index in [1.165, 1.54) is 6.07 Å². The maximum Gasteiger partial charge on any atom is 0.191 e. The Morgan fingerprint density at radius 2 is 2.10 bits per heavy atom. The summed E-state index contributed by atoms with van der Waals surface area (Å²) in [5.41, 5.74) is 0. The molecular formula is C15H24FN3O2. The molecule has 1 aromatic carbocycles. The summed E-state index contributed by atoms with van der Waals surface area (Å²) >= 11 is 0. The van der Waals surface area contributed by atoms with Crippen LogP contribution in [0.5, 0.6) is 5.75 Å². The molecule has 1 atom stereocenters. The van der Waals surface area contributed by atoms with Crippen LogP contribution in [0.3, 0.4) is 0 Å². The summed E-state index contributed by atoms with van der Waals surface area (Å²) in [5, 5.41) is 6.24. The summed E-state index contributed by atoms with van der Waals surface area (Å²) in [6.07, 6.45) is -0.188. The van der Waals surface area contributed by atoms with Crippen molar-refractivity contribution in [3.8, 4) is 5.75 Å². The van der Waals surface area contributed by atoms with Crippen molar-refractivity contribution in [1.29, 1.82) is 0 Å². The van der Waals surface area contributed by atoms with Crippen LogP contribution in [0.1, 0.15) is 13.8 Å². The van der Waals surface area contributed by atoms with Gasteiger partial charge in [0.05, 0.1) is 13.2 Å². The number of hydrogen-bond acceptors (Lipinski definition) is 3. The summed E-state index contributed by atoms with van der Waals surface area (Å²) in [4.78, 5) is 4.09. The van der Waals surface area contributed by atoms with E-state index >= 15 is 0 Å². The second kappa shape index (κ2) is 9.99. The van der Waals surface area contributed by atoms with E-state index in [9.17, 15) is 4.39 Å². The lowest BCUT2D eigenvalue weighted by Gasteiger charge is -2.18. The first-order valence-corrected chi connectivity index (χ1v) is 7.10. The molecule has 1 aromatic rings. The van der Waals surface area contributed by atoms with Crippen LogP contribution in [-0.2, 0) is 4.74 Å². The number of benzene rings is 1. The lowest BCUT2D eigenvalue weighted by atomic mass is 10.3. The predicted octanol–water partition coefficient (Wildman–Crippen LogP) is 1.79. The Hall–Kier alpha value is -1.82. The molecule has 1 unspecified atom stereocenters. The van der Waals surface area contributed by atoms with Crippen LogP contribution in [0.25, 0.3) is 0 Å². The third-order valence-electron chi connectivity index (χ3n) is 2.69. The largest absolute Gasteiger partial charge is 0.486 e. The van der Waals surface area contributed by atoms with Crippen molar-refractivity contribution in [2.45, 2.75) is 20.0 Å². The summed E-state index contributed by atoms with van der Waals surface area (Å²) in [6.45, 7) is 6.33. The minimum absolute atomic E-state index is 0.188. The number of para-hydroxylation sites is 1. The van der Waals surface area contributed by atoms with Crippen molar-refractivity contribution in [2.75, 3.05) is 33.4 Å². The molecule has 0 fully saturated rings. The number of guanidine groups is 1.